The van der Waals surface area contributed by atoms with Gasteiger partial charge in [0.2, 0.25) is 0 Å². The summed E-state index contributed by atoms with van der Waals surface area (Å²) in [6.45, 7) is 11.1. The number of hydrogen-bond acceptors (Lipinski definition) is 5. The van der Waals surface area contributed by atoms with Crippen LogP contribution in [0.25, 0.3) is 0 Å². The molecule has 0 aliphatic rings. The van der Waals surface area contributed by atoms with Gasteiger partial charge in [0.1, 0.15) is 11.4 Å². The summed E-state index contributed by atoms with van der Waals surface area (Å²) in [6, 6.07) is -0.477. The van der Waals surface area contributed by atoms with Crippen LogP contribution in [0.5, 0.6) is 0 Å². The van der Waals surface area contributed by atoms with Crippen molar-refractivity contribution in [1.29, 1.82) is 0 Å². The monoisotopic (exact) mass is 418 g/mol. The predicted octanol–water partition coefficient (Wildman–Crippen LogP) is 3.59. The fourth-order valence-corrected chi connectivity index (χ4v) is 3.56. The van der Waals surface area contributed by atoms with Gasteiger partial charge in [0.25, 0.3) is 0 Å². The highest BCUT2D eigenvalue weighted by molar-refractivity contribution is 6.04. The lowest BCUT2D eigenvalue weighted by atomic mass is 10.2. The van der Waals surface area contributed by atoms with Crippen LogP contribution in [-0.2, 0) is 23.6 Å². The number of carbonyl (C=O) groups excluding carboxylic acids is 3. The average Bonchev–Trinajstić information content (AvgIpc) is 3.01. The van der Waals surface area contributed by atoms with Gasteiger partial charge < -0.3 is 29.2 Å². The predicted molar refractivity (Wildman–Crippen MR) is 114 cm³/mol. The fourth-order valence-electron chi connectivity index (χ4n) is 3.56. The molecule has 9 nitrogen and oxygen atoms in total. The second-order valence-corrected chi connectivity index (χ2v) is 7.01. The third-order valence-electron chi connectivity index (χ3n) is 5.28. The maximum absolute atomic E-state index is 12.7. The number of anilines is 2. The third kappa shape index (κ3) is 4.05. The van der Waals surface area contributed by atoms with Gasteiger partial charge in [-0.15, -0.1) is 0 Å². The van der Waals surface area contributed by atoms with E-state index in [-0.39, 0.29) is 13.2 Å². The summed E-state index contributed by atoms with van der Waals surface area (Å²) in [5.74, 6) is -0.884. The molecule has 0 fully saturated rings. The molecule has 0 aromatic carbocycles. The van der Waals surface area contributed by atoms with Crippen molar-refractivity contribution in [3.05, 3.63) is 33.9 Å². The smallest absolute Gasteiger partial charge is 0.355 e. The van der Waals surface area contributed by atoms with Gasteiger partial charge in [-0.3, -0.25) is 0 Å². The number of amides is 2. The zero-order chi connectivity index (χ0) is 22.7. The van der Waals surface area contributed by atoms with Crippen LogP contribution in [0.1, 0.15) is 57.3 Å². The standard InChI is InChI=1S/C21H30N4O5/c1-9-29-19(26)17-11(3)15(13(5)24(17)7)22-21(28)23-16-12(4)18(20(27)30-10-2)25(8)14(16)6/h9-10H2,1-8H3,(H2,22,23,28). The van der Waals surface area contributed by atoms with E-state index in [1.54, 1.807) is 50.9 Å². The van der Waals surface area contributed by atoms with Crippen molar-refractivity contribution >= 4 is 29.3 Å². The Morgan fingerprint density at radius 2 is 1.07 bits per heavy atom. The summed E-state index contributed by atoms with van der Waals surface area (Å²) in [4.78, 5) is 37.3. The first kappa shape index (κ1) is 23.1. The van der Waals surface area contributed by atoms with Crippen molar-refractivity contribution in [2.75, 3.05) is 23.8 Å². The second kappa shape index (κ2) is 9.06. The summed E-state index contributed by atoms with van der Waals surface area (Å²) in [7, 11) is 3.49. The highest BCUT2D eigenvalue weighted by Crippen LogP contribution is 2.29. The van der Waals surface area contributed by atoms with Crippen LogP contribution in [0, 0.1) is 27.7 Å². The normalized spacial score (nSPS) is 10.7. The van der Waals surface area contributed by atoms with Crippen LogP contribution in [0.15, 0.2) is 0 Å². The quantitative estimate of drug-likeness (QED) is 0.698. The van der Waals surface area contributed by atoms with Crippen molar-refractivity contribution in [2.24, 2.45) is 14.1 Å². The maximum atomic E-state index is 12.7. The molecular weight excluding hydrogens is 388 g/mol. The topological polar surface area (TPSA) is 104 Å². The Balaban J connectivity index is 2.32. The lowest BCUT2D eigenvalue weighted by Crippen LogP contribution is -2.21. The molecule has 2 aromatic heterocycles. The van der Waals surface area contributed by atoms with Crippen LogP contribution >= 0.6 is 0 Å². The van der Waals surface area contributed by atoms with E-state index in [0.717, 1.165) is 11.4 Å². The Labute approximate surface area is 176 Å². The van der Waals surface area contributed by atoms with Gasteiger partial charge in [-0.05, 0) is 41.5 Å². The van der Waals surface area contributed by atoms with Gasteiger partial charge >= 0.3 is 18.0 Å². The Kier molecular flexibility index (Phi) is 6.96. The van der Waals surface area contributed by atoms with Crippen LogP contribution < -0.4 is 10.6 Å². The molecule has 0 bridgehead atoms. The number of nitrogens with zero attached hydrogens (tertiary/aromatic N) is 2. The van der Waals surface area contributed by atoms with Crippen molar-refractivity contribution in [1.82, 2.24) is 9.13 Å². The van der Waals surface area contributed by atoms with Crippen LogP contribution in [0.4, 0.5) is 16.2 Å². The summed E-state index contributed by atoms with van der Waals surface area (Å²) < 4.78 is 13.6. The molecule has 2 N–H and O–H groups in total. The van der Waals surface area contributed by atoms with E-state index in [2.05, 4.69) is 10.6 Å². The van der Waals surface area contributed by atoms with Gasteiger partial charge in [0.05, 0.1) is 24.6 Å². The average molecular weight is 418 g/mol. The molecule has 0 radical (unpaired) electrons. The SMILES string of the molecule is CCOC(=O)c1c(C)c(NC(=O)Nc2c(C)c(C(=O)OCC)n(C)c2C)c(C)n1C. The minimum Gasteiger partial charge on any atom is -0.461 e. The van der Waals surface area contributed by atoms with Crippen molar-refractivity contribution in [2.45, 2.75) is 41.5 Å². The third-order valence-corrected chi connectivity index (χ3v) is 5.28. The van der Waals surface area contributed by atoms with Crippen LogP contribution in [0.2, 0.25) is 0 Å². The Morgan fingerprint density at radius 3 is 1.37 bits per heavy atom. The van der Waals surface area contributed by atoms with Crippen molar-refractivity contribution < 1.29 is 23.9 Å². The molecule has 0 saturated heterocycles. The Bertz CT molecular complexity index is 922. The molecule has 0 spiro atoms. The largest absolute Gasteiger partial charge is 0.461 e. The van der Waals surface area contributed by atoms with E-state index in [4.69, 9.17) is 9.47 Å². The number of ether oxygens (including phenoxy) is 2. The van der Waals surface area contributed by atoms with E-state index in [1.807, 2.05) is 13.8 Å². The number of urea groups is 1. The van der Waals surface area contributed by atoms with Crippen LogP contribution in [-0.4, -0.2) is 40.3 Å². The molecule has 9 heteroatoms. The molecule has 2 rings (SSSR count). The number of aromatic nitrogens is 2. The minimum absolute atomic E-state index is 0.265. The van der Waals surface area contributed by atoms with Crippen molar-refractivity contribution in [3.8, 4) is 0 Å². The molecule has 2 aromatic rings. The molecule has 0 unspecified atom stereocenters. The van der Waals surface area contributed by atoms with E-state index in [9.17, 15) is 14.4 Å². The summed E-state index contributed by atoms with van der Waals surface area (Å²) in [6.07, 6.45) is 0. The molecule has 164 valence electrons. The van der Waals surface area contributed by atoms with Gasteiger partial charge in [-0.25, -0.2) is 14.4 Å². The first-order chi connectivity index (χ1) is 14.1. The van der Waals surface area contributed by atoms with Gasteiger partial charge in [-0.2, -0.15) is 0 Å². The van der Waals surface area contributed by atoms with E-state index < -0.39 is 18.0 Å². The number of carbonyl (C=O) groups is 3. The lowest BCUT2D eigenvalue weighted by molar-refractivity contribution is 0.0504. The van der Waals surface area contributed by atoms with E-state index in [0.29, 0.717) is 33.9 Å². The number of esters is 2. The number of nitrogens with one attached hydrogen (secondary N) is 2. The Hall–Kier alpha value is -3.23. The molecule has 0 saturated carbocycles. The summed E-state index contributed by atoms with van der Waals surface area (Å²) >= 11 is 0. The molecule has 30 heavy (non-hydrogen) atoms. The highest BCUT2D eigenvalue weighted by atomic mass is 16.5. The van der Waals surface area contributed by atoms with Gasteiger partial charge in [-0.1, -0.05) is 0 Å². The molecule has 0 atom stereocenters. The minimum atomic E-state index is -0.477. The number of rotatable bonds is 6. The number of hydrogen-bond donors (Lipinski definition) is 2. The van der Waals surface area contributed by atoms with Crippen LogP contribution in [0.3, 0.4) is 0 Å². The first-order valence-corrected chi connectivity index (χ1v) is 9.80. The van der Waals surface area contributed by atoms with Crippen molar-refractivity contribution in [3.63, 3.8) is 0 Å². The zero-order valence-electron chi connectivity index (χ0n) is 18.8. The van der Waals surface area contributed by atoms with E-state index >= 15 is 0 Å². The summed E-state index contributed by atoms with van der Waals surface area (Å²) in [5, 5.41) is 5.64. The first-order valence-electron chi connectivity index (χ1n) is 9.80. The Morgan fingerprint density at radius 1 is 0.733 bits per heavy atom. The lowest BCUT2D eigenvalue weighted by Gasteiger charge is -2.10. The molecule has 2 heterocycles. The fraction of sp³-hybridized carbons (Fsp3) is 0.476. The van der Waals surface area contributed by atoms with Gasteiger partial charge in [0.15, 0.2) is 0 Å². The van der Waals surface area contributed by atoms with E-state index in [1.165, 1.54) is 0 Å². The summed E-state index contributed by atoms with van der Waals surface area (Å²) in [5.41, 5.74) is 4.54. The second-order valence-electron chi connectivity index (χ2n) is 7.01. The molecular formula is C21H30N4O5. The maximum Gasteiger partial charge on any atom is 0.355 e. The highest BCUT2D eigenvalue weighted by Gasteiger charge is 2.25. The zero-order valence-corrected chi connectivity index (χ0v) is 18.8. The molecule has 2 amide bonds. The van der Waals surface area contributed by atoms with Gasteiger partial charge in [0, 0.05) is 36.6 Å². The molecule has 0 aliphatic heterocycles. The molecule has 0 aliphatic carbocycles.